The molecule has 4 fully saturated rings. The fraction of sp³-hybridized carbons (Fsp3) is 0.680. The molecule has 1 saturated heterocycles. The van der Waals surface area contributed by atoms with Gasteiger partial charge in [-0.1, -0.05) is 44.2 Å². The van der Waals surface area contributed by atoms with E-state index in [2.05, 4.69) is 0 Å². The smallest absolute Gasteiger partial charge is 0.432 e. The number of fused-ring (bicyclic) bond motifs is 2. The van der Waals surface area contributed by atoms with Crippen molar-refractivity contribution in [1.82, 2.24) is 0 Å². The van der Waals surface area contributed by atoms with Gasteiger partial charge in [-0.2, -0.15) is 13.2 Å². The van der Waals surface area contributed by atoms with Gasteiger partial charge >= 0.3 is 18.1 Å². The van der Waals surface area contributed by atoms with Gasteiger partial charge in [0.2, 0.25) is 0 Å². The summed E-state index contributed by atoms with van der Waals surface area (Å²) < 4.78 is 58.0. The first-order valence-electron chi connectivity index (χ1n) is 11.6. The van der Waals surface area contributed by atoms with Crippen molar-refractivity contribution in [2.45, 2.75) is 51.0 Å². The second-order valence-corrected chi connectivity index (χ2v) is 11.1. The minimum Gasteiger partial charge on any atom is -0.465 e. The molecule has 0 unspecified atom stereocenters. The molecule has 0 radical (unpaired) electrons. The molecule has 5 rings (SSSR count). The third kappa shape index (κ3) is 2.83. The van der Waals surface area contributed by atoms with Gasteiger partial charge in [0.15, 0.2) is 0 Å². The van der Waals surface area contributed by atoms with E-state index in [1.807, 2.05) is 13.8 Å². The molecule has 3 aliphatic carbocycles. The molecule has 1 N–H and O–H groups in total. The number of ether oxygens (including phenoxy) is 3. The van der Waals surface area contributed by atoms with Gasteiger partial charge in [-0.05, 0) is 36.5 Å². The molecule has 1 aromatic carbocycles. The fourth-order valence-electron chi connectivity index (χ4n) is 7.51. The molecular formula is C25H29F3O6. The quantitative estimate of drug-likeness (QED) is 0.646. The Balaban J connectivity index is 1.37. The Morgan fingerprint density at radius 3 is 2.47 bits per heavy atom. The molecule has 1 aliphatic heterocycles. The lowest BCUT2D eigenvalue weighted by Crippen LogP contribution is -2.52. The summed E-state index contributed by atoms with van der Waals surface area (Å²) >= 11 is 0. The van der Waals surface area contributed by atoms with Gasteiger partial charge < -0.3 is 19.3 Å². The zero-order valence-corrected chi connectivity index (χ0v) is 19.4. The molecular weight excluding hydrogens is 453 g/mol. The van der Waals surface area contributed by atoms with Gasteiger partial charge in [-0.25, -0.2) is 4.79 Å². The lowest BCUT2D eigenvalue weighted by molar-refractivity contribution is -0.277. The van der Waals surface area contributed by atoms with Crippen LogP contribution in [0, 0.1) is 34.0 Å². The summed E-state index contributed by atoms with van der Waals surface area (Å²) in [5.41, 5.74) is -5.20. The van der Waals surface area contributed by atoms with Crippen LogP contribution in [-0.4, -0.2) is 49.6 Å². The number of cyclic esters (lactones) is 1. The monoisotopic (exact) mass is 482 g/mol. The maximum Gasteiger partial charge on any atom is 0.432 e. The van der Waals surface area contributed by atoms with Crippen LogP contribution in [0.15, 0.2) is 30.3 Å². The third-order valence-corrected chi connectivity index (χ3v) is 9.28. The molecule has 6 nitrogen and oxygen atoms in total. The average molecular weight is 482 g/mol. The zero-order valence-electron chi connectivity index (χ0n) is 19.4. The van der Waals surface area contributed by atoms with Gasteiger partial charge in [-0.15, -0.1) is 0 Å². The number of aliphatic hydroxyl groups excluding tert-OH is 1. The molecule has 1 heterocycles. The highest BCUT2D eigenvalue weighted by Crippen LogP contribution is 2.81. The number of rotatable bonds is 5. The number of esters is 2. The van der Waals surface area contributed by atoms with Crippen molar-refractivity contribution in [3.05, 3.63) is 35.9 Å². The molecule has 4 aliphatic rings. The minimum absolute atomic E-state index is 0.00276. The number of benzene rings is 1. The van der Waals surface area contributed by atoms with Crippen LogP contribution in [0.5, 0.6) is 0 Å². The number of hydrogen-bond acceptors (Lipinski definition) is 6. The van der Waals surface area contributed by atoms with Crippen LogP contribution in [0.3, 0.4) is 0 Å². The average Bonchev–Trinajstić information content (AvgIpc) is 3.08. The SMILES string of the molecule is CO[C@](C(=O)OC[C@]1(C)C[C@H]2[C@H](O)[C@H]3COC(=O)[C@]34C[C@]4(C)[C@H]2C1)(c1ccccc1)C(F)(F)F. The Morgan fingerprint density at radius 2 is 1.85 bits per heavy atom. The zero-order chi connectivity index (χ0) is 24.7. The first-order valence-corrected chi connectivity index (χ1v) is 11.6. The summed E-state index contributed by atoms with van der Waals surface area (Å²) in [7, 11) is 0.842. The van der Waals surface area contributed by atoms with Crippen molar-refractivity contribution in [2.24, 2.45) is 34.0 Å². The normalized spacial score (nSPS) is 42.1. The molecule has 0 aromatic heterocycles. The maximum absolute atomic E-state index is 14.2. The Morgan fingerprint density at radius 1 is 1.18 bits per heavy atom. The van der Waals surface area contributed by atoms with E-state index in [1.54, 1.807) is 6.07 Å². The highest BCUT2D eigenvalue weighted by molar-refractivity contribution is 5.85. The largest absolute Gasteiger partial charge is 0.465 e. The van der Waals surface area contributed by atoms with Crippen LogP contribution in [0.25, 0.3) is 0 Å². The van der Waals surface area contributed by atoms with Crippen LogP contribution in [0.1, 0.15) is 38.7 Å². The molecule has 1 spiro atoms. The van der Waals surface area contributed by atoms with E-state index < -0.39 is 34.7 Å². The first-order chi connectivity index (χ1) is 15.9. The van der Waals surface area contributed by atoms with Gasteiger partial charge in [0.1, 0.15) is 0 Å². The van der Waals surface area contributed by atoms with Gasteiger partial charge in [0.05, 0.1) is 24.7 Å². The second-order valence-electron chi connectivity index (χ2n) is 11.1. The van der Waals surface area contributed by atoms with Crippen molar-refractivity contribution < 1.29 is 42.1 Å². The van der Waals surface area contributed by atoms with Crippen molar-refractivity contribution in [3.8, 4) is 0 Å². The second kappa shape index (κ2) is 7.20. The maximum atomic E-state index is 14.2. The molecule has 9 heteroatoms. The van der Waals surface area contributed by atoms with Gasteiger partial charge in [-0.3, -0.25) is 4.79 Å². The van der Waals surface area contributed by atoms with Crippen LogP contribution in [0.4, 0.5) is 13.2 Å². The van der Waals surface area contributed by atoms with Crippen molar-refractivity contribution in [3.63, 3.8) is 0 Å². The number of alkyl halides is 3. The molecule has 34 heavy (non-hydrogen) atoms. The molecule has 8 atom stereocenters. The third-order valence-electron chi connectivity index (χ3n) is 9.28. The van der Waals surface area contributed by atoms with E-state index in [0.717, 1.165) is 7.11 Å². The summed E-state index contributed by atoms with van der Waals surface area (Å²) in [4.78, 5) is 25.5. The minimum atomic E-state index is -5.04. The highest BCUT2D eigenvalue weighted by Gasteiger charge is 2.83. The summed E-state index contributed by atoms with van der Waals surface area (Å²) in [6.07, 6.45) is -4.10. The molecule has 0 bridgehead atoms. The number of halogens is 3. The Hall–Kier alpha value is -2.13. The van der Waals surface area contributed by atoms with Crippen LogP contribution in [0.2, 0.25) is 0 Å². The van der Waals surface area contributed by atoms with Gasteiger partial charge in [0, 0.05) is 24.0 Å². The standard InChI is InChI=1S/C25H29F3O6/c1-21(13-34-20(31)24(32-3,25(26,27)28)14-7-5-4-6-8-14)9-15-16(10-21)22(2)12-23(22)17(18(15)29)11-33-19(23)30/h4-8,15-18,29H,9-13H2,1-3H3/t15-,16+,17-,18+,21-,22-,23+,24+/m1/s1. The Labute approximate surface area is 195 Å². The van der Waals surface area contributed by atoms with Crippen LogP contribution >= 0.6 is 0 Å². The lowest BCUT2D eigenvalue weighted by atomic mass is 9.63. The molecule has 186 valence electrons. The molecule has 3 saturated carbocycles. The predicted molar refractivity (Wildman–Crippen MR) is 112 cm³/mol. The lowest BCUT2D eigenvalue weighted by Gasteiger charge is -2.41. The van der Waals surface area contributed by atoms with E-state index in [9.17, 15) is 27.9 Å². The van der Waals surface area contributed by atoms with Crippen molar-refractivity contribution >= 4 is 11.9 Å². The number of carbonyl (C=O) groups is 2. The van der Waals surface area contributed by atoms with Crippen molar-refractivity contribution in [1.29, 1.82) is 0 Å². The predicted octanol–water partition coefficient (Wildman–Crippen LogP) is 3.61. The number of carbonyl (C=O) groups excluding carboxylic acids is 2. The number of aliphatic hydroxyl groups is 1. The summed E-state index contributed by atoms with van der Waals surface area (Å²) in [6.45, 7) is 3.87. The first kappa shape index (κ1) is 23.6. The number of hydrogen-bond donors (Lipinski definition) is 1. The Kier molecular flexibility index (Phi) is 5.00. The van der Waals surface area contributed by atoms with E-state index in [4.69, 9.17) is 14.2 Å². The molecule has 1 aromatic rings. The van der Waals surface area contributed by atoms with Crippen LogP contribution < -0.4 is 0 Å². The van der Waals surface area contributed by atoms with E-state index in [-0.39, 0.29) is 47.9 Å². The molecule has 0 amide bonds. The van der Waals surface area contributed by atoms with Crippen molar-refractivity contribution in [2.75, 3.05) is 20.3 Å². The summed E-state index contributed by atoms with van der Waals surface area (Å²) in [5, 5.41) is 11.1. The topological polar surface area (TPSA) is 82.1 Å². The van der Waals surface area contributed by atoms with Crippen LogP contribution in [-0.2, 0) is 29.4 Å². The number of methoxy groups -OCH3 is 1. The van der Waals surface area contributed by atoms with E-state index >= 15 is 0 Å². The summed E-state index contributed by atoms with van der Waals surface area (Å²) in [5.74, 6) is -2.17. The van der Waals surface area contributed by atoms with E-state index in [0.29, 0.717) is 19.3 Å². The Bertz CT molecular complexity index is 1010. The van der Waals surface area contributed by atoms with E-state index in [1.165, 1.54) is 24.3 Å². The van der Waals surface area contributed by atoms with Gasteiger partial charge in [0.25, 0.3) is 5.60 Å². The fourth-order valence-corrected chi connectivity index (χ4v) is 7.51. The highest BCUT2D eigenvalue weighted by atomic mass is 19.4. The summed E-state index contributed by atoms with van der Waals surface area (Å²) in [6, 6.07) is 6.73.